The summed E-state index contributed by atoms with van der Waals surface area (Å²) in [7, 11) is 0. The number of hydrogen-bond acceptors (Lipinski definition) is 2. The summed E-state index contributed by atoms with van der Waals surface area (Å²) in [5.41, 5.74) is -0.202. The van der Waals surface area contributed by atoms with Crippen molar-refractivity contribution in [3.63, 3.8) is 0 Å². The van der Waals surface area contributed by atoms with Crippen LogP contribution >= 0.6 is 0 Å². The van der Waals surface area contributed by atoms with Crippen molar-refractivity contribution in [2.24, 2.45) is 5.41 Å². The Balaban J connectivity index is 2.37. The molecule has 0 unspecified atom stereocenters. The summed E-state index contributed by atoms with van der Waals surface area (Å²) in [5, 5.41) is 8.76. The lowest BCUT2D eigenvalue weighted by Gasteiger charge is -2.23. The van der Waals surface area contributed by atoms with Gasteiger partial charge in [0.2, 0.25) is 0 Å². The van der Waals surface area contributed by atoms with Crippen molar-refractivity contribution in [2.45, 2.75) is 13.8 Å². The first-order chi connectivity index (χ1) is 5.14. The predicted molar refractivity (Wildman–Crippen MR) is 45.0 cm³/mol. The van der Waals surface area contributed by atoms with Gasteiger partial charge in [0.1, 0.15) is 0 Å². The molecule has 60 valence electrons. The highest BCUT2D eigenvalue weighted by Gasteiger charge is 2.21. The Hall–Kier alpha value is -0.810. The lowest BCUT2D eigenvalue weighted by atomic mass is 9.95. The minimum Gasteiger partial charge on any atom is -0.294 e. The van der Waals surface area contributed by atoms with E-state index in [1.165, 1.54) is 0 Å². The maximum absolute atomic E-state index is 8.76. The lowest BCUT2D eigenvalue weighted by molar-refractivity contribution is 0.265. The zero-order valence-corrected chi connectivity index (χ0v) is 7.17. The fourth-order valence-electron chi connectivity index (χ4n) is 1.25. The van der Waals surface area contributed by atoms with Crippen molar-refractivity contribution in [1.82, 2.24) is 4.90 Å². The molecule has 1 aliphatic heterocycles. The van der Waals surface area contributed by atoms with Gasteiger partial charge in [0, 0.05) is 19.6 Å². The van der Waals surface area contributed by atoms with E-state index in [0.717, 1.165) is 19.6 Å². The summed E-state index contributed by atoms with van der Waals surface area (Å²) in [6.45, 7) is 6.84. The van der Waals surface area contributed by atoms with E-state index in [9.17, 15) is 0 Å². The molecule has 1 rings (SSSR count). The minimum atomic E-state index is -0.202. The van der Waals surface area contributed by atoms with E-state index in [1.54, 1.807) is 0 Å². The van der Waals surface area contributed by atoms with Crippen LogP contribution in [0.4, 0.5) is 0 Å². The Morgan fingerprint density at radius 3 is 2.45 bits per heavy atom. The Morgan fingerprint density at radius 1 is 1.45 bits per heavy atom. The molecule has 11 heavy (non-hydrogen) atoms. The monoisotopic (exact) mass is 150 g/mol. The largest absolute Gasteiger partial charge is 0.294 e. The van der Waals surface area contributed by atoms with Gasteiger partial charge in [-0.15, -0.1) is 0 Å². The van der Waals surface area contributed by atoms with Crippen LogP contribution in [0.25, 0.3) is 0 Å². The summed E-state index contributed by atoms with van der Waals surface area (Å²) in [4.78, 5) is 2.27. The van der Waals surface area contributed by atoms with Crippen molar-refractivity contribution in [3.8, 4) is 6.07 Å². The standard InChI is InChI=1S/C9H14N2/c1-9(2,7-10)8-11-5-3-4-6-11/h3-4H,5-6,8H2,1-2H3. The van der Waals surface area contributed by atoms with E-state index < -0.39 is 0 Å². The molecule has 0 aromatic rings. The van der Waals surface area contributed by atoms with Crippen molar-refractivity contribution in [1.29, 1.82) is 5.26 Å². The molecule has 1 aliphatic rings. The van der Waals surface area contributed by atoms with Crippen molar-refractivity contribution in [2.75, 3.05) is 19.6 Å². The fourth-order valence-corrected chi connectivity index (χ4v) is 1.25. The van der Waals surface area contributed by atoms with Gasteiger partial charge in [0.05, 0.1) is 11.5 Å². The van der Waals surface area contributed by atoms with Crippen LogP contribution in [0.2, 0.25) is 0 Å². The molecule has 0 saturated heterocycles. The second kappa shape index (κ2) is 3.06. The lowest BCUT2D eigenvalue weighted by Crippen LogP contribution is -2.31. The molecular weight excluding hydrogens is 136 g/mol. The molecule has 0 aromatic heterocycles. The zero-order chi connectivity index (χ0) is 8.32. The average molecular weight is 150 g/mol. The van der Waals surface area contributed by atoms with Gasteiger partial charge in [0.15, 0.2) is 0 Å². The molecule has 0 spiro atoms. The van der Waals surface area contributed by atoms with E-state index in [2.05, 4.69) is 23.1 Å². The molecule has 0 aliphatic carbocycles. The Labute approximate surface area is 68.1 Å². The van der Waals surface area contributed by atoms with Crippen LogP contribution in [0.15, 0.2) is 12.2 Å². The van der Waals surface area contributed by atoms with Crippen LogP contribution in [-0.2, 0) is 0 Å². The number of rotatable bonds is 2. The van der Waals surface area contributed by atoms with E-state index in [4.69, 9.17) is 5.26 Å². The first kappa shape index (κ1) is 8.29. The molecule has 1 heterocycles. The summed E-state index contributed by atoms with van der Waals surface area (Å²) in [5.74, 6) is 0. The molecule has 0 atom stereocenters. The van der Waals surface area contributed by atoms with E-state index in [0.29, 0.717) is 0 Å². The van der Waals surface area contributed by atoms with E-state index in [-0.39, 0.29) is 5.41 Å². The second-order valence-corrected chi connectivity index (χ2v) is 3.66. The van der Waals surface area contributed by atoms with Crippen LogP contribution in [0, 0.1) is 16.7 Å². The van der Waals surface area contributed by atoms with Gasteiger partial charge in [-0.05, 0) is 13.8 Å². The molecule has 2 nitrogen and oxygen atoms in total. The first-order valence-electron chi connectivity index (χ1n) is 3.93. The van der Waals surface area contributed by atoms with Crippen LogP contribution in [-0.4, -0.2) is 24.5 Å². The van der Waals surface area contributed by atoms with Gasteiger partial charge in [0.25, 0.3) is 0 Å². The summed E-state index contributed by atoms with van der Waals surface area (Å²) in [6, 6.07) is 2.30. The number of hydrogen-bond donors (Lipinski definition) is 0. The van der Waals surface area contributed by atoms with Gasteiger partial charge >= 0.3 is 0 Å². The third-order valence-electron chi connectivity index (χ3n) is 1.82. The van der Waals surface area contributed by atoms with Crippen LogP contribution < -0.4 is 0 Å². The predicted octanol–water partition coefficient (Wildman–Crippen LogP) is 1.41. The quantitative estimate of drug-likeness (QED) is 0.556. The third kappa shape index (κ3) is 2.36. The normalized spacial score (nSPS) is 18.6. The molecule has 0 radical (unpaired) electrons. The maximum Gasteiger partial charge on any atom is 0.0697 e. The number of nitrogens with zero attached hydrogens (tertiary/aromatic N) is 2. The zero-order valence-electron chi connectivity index (χ0n) is 7.17. The average Bonchev–Trinajstić information content (AvgIpc) is 2.39. The van der Waals surface area contributed by atoms with Crippen LogP contribution in [0.5, 0.6) is 0 Å². The smallest absolute Gasteiger partial charge is 0.0697 e. The second-order valence-electron chi connectivity index (χ2n) is 3.66. The highest BCUT2D eigenvalue weighted by molar-refractivity contribution is 5.00. The molecule has 0 bridgehead atoms. The summed E-state index contributed by atoms with van der Waals surface area (Å²) >= 11 is 0. The minimum absolute atomic E-state index is 0.202. The van der Waals surface area contributed by atoms with Crippen LogP contribution in [0.1, 0.15) is 13.8 Å². The molecular formula is C9H14N2. The van der Waals surface area contributed by atoms with Crippen molar-refractivity contribution in [3.05, 3.63) is 12.2 Å². The number of nitriles is 1. The molecule has 0 N–H and O–H groups in total. The van der Waals surface area contributed by atoms with Crippen molar-refractivity contribution < 1.29 is 0 Å². The summed E-state index contributed by atoms with van der Waals surface area (Å²) < 4.78 is 0. The Kier molecular flexibility index (Phi) is 2.31. The van der Waals surface area contributed by atoms with Gasteiger partial charge in [-0.3, -0.25) is 4.90 Å². The van der Waals surface area contributed by atoms with Gasteiger partial charge in [-0.2, -0.15) is 5.26 Å². The van der Waals surface area contributed by atoms with Gasteiger partial charge in [-0.1, -0.05) is 12.2 Å². The van der Waals surface area contributed by atoms with Gasteiger partial charge in [-0.25, -0.2) is 0 Å². The van der Waals surface area contributed by atoms with Crippen molar-refractivity contribution >= 4 is 0 Å². The summed E-state index contributed by atoms with van der Waals surface area (Å²) in [6.07, 6.45) is 4.29. The topological polar surface area (TPSA) is 27.0 Å². The highest BCUT2D eigenvalue weighted by Crippen LogP contribution is 2.16. The molecule has 0 amide bonds. The molecule has 0 fully saturated rings. The SMILES string of the molecule is CC(C)(C#N)CN1CC=CC1. The Bertz CT molecular complexity index is 190. The fraction of sp³-hybridized carbons (Fsp3) is 0.667. The van der Waals surface area contributed by atoms with Gasteiger partial charge < -0.3 is 0 Å². The highest BCUT2D eigenvalue weighted by atomic mass is 15.1. The molecule has 0 aromatic carbocycles. The van der Waals surface area contributed by atoms with E-state index in [1.807, 2.05) is 13.8 Å². The first-order valence-corrected chi connectivity index (χ1v) is 3.93. The maximum atomic E-state index is 8.76. The van der Waals surface area contributed by atoms with E-state index >= 15 is 0 Å². The Morgan fingerprint density at radius 2 is 2.00 bits per heavy atom. The third-order valence-corrected chi connectivity index (χ3v) is 1.82. The van der Waals surface area contributed by atoms with Crippen LogP contribution in [0.3, 0.4) is 0 Å². The molecule has 0 saturated carbocycles. The molecule has 2 heteroatoms.